The molecule has 0 fully saturated rings. The summed E-state index contributed by atoms with van der Waals surface area (Å²) in [6.07, 6.45) is 4.80. The van der Waals surface area contributed by atoms with Crippen LogP contribution >= 0.6 is 0 Å². The van der Waals surface area contributed by atoms with E-state index in [2.05, 4.69) is 24.3 Å². The average molecular weight is 314 g/mol. The van der Waals surface area contributed by atoms with Gasteiger partial charge in [0.2, 0.25) is 0 Å². The molecule has 0 saturated heterocycles. The first-order valence-electron chi connectivity index (χ1n) is 8.09. The third-order valence-electron chi connectivity index (χ3n) is 5.24. The minimum Gasteiger partial charge on any atom is -0.399 e. The van der Waals surface area contributed by atoms with Crippen molar-refractivity contribution < 1.29 is 0 Å². The Morgan fingerprint density at radius 1 is 1.12 bits per heavy atom. The normalized spacial score (nSPS) is 24.8. The second-order valence-corrected chi connectivity index (χ2v) is 6.52. The van der Waals surface area contributed by atoms with Gasteiger partial charge in [0.25, 0.3) is 0 Å². The molecule has 0 heterocycles. The Balaban J connectivity index is 2.31. The second kappa shape index (κ2) is 5.88. The molecule has 3 rings (SSSR count). The fourth-order valence-electron chi connectivity index (χ4n) is 4.02. The van der Waals surface area contributed by atoms with E-state index >= 15 is 0 Å². The number of hydrogen-bond acceptors (Lipinski definition) is 4. The van der Waals surface area contributed by atoms with Gasteiger partial charge in [-0.15, -0.1) is 0 Å². The third-order valence-corrected chi connectivity index (χ3v) is 5.24. The van der Waals surface area contributed by atoms with Gasteiger partial charge in [0.05, 0.1) is 23.4 Å². The number of nitriles is 3. The monoisotopic (exact) mass is 314 g/mol. The van der Waals surface area contributed by atoms with Crippen molar-refractivity contribution in [3.8, 4) is 18.2 Å². The molecule has 2 aliphatic carbocycles. The minimum absolute atomic E-state index is 0.0253. The number of allylic oxidation sites excluding steroid dienone is 4. The van der Waals surface area contributed by atoms with Crippen LogP contribution in [0.15, 0.2) is 47.2 Å². The molecule has 4 heteroatoms. The molecule has 0 unspecified atom stereocenters. The SMILES string of the molecule is Cc1ccc([C@@H]2[C@H]3CCCC=C3C(C#N)=C(N)C2(C#N)C#N)cc1. The van der Waals surface area contributed by atoms with Crippen molar-refractivity contribution >= 4 is 0 Å². The van der Waals surface area contributed by atoms with Crippen LogP contribution in [0, 0.1) is 52.2 Å². The average Bonchev–Trinajstić information content (AvgIpc) is 2.62. The fourth-order valence-corrected chi connectivity index (χ4v) is 4.02. The van der Waals surface area contributed by atoms with Gasteiger partial charge in [0.15, 0.2) is 5.41 Å². The van der Waals surface area contributed by atoms with Gasteiger partial charge in [0.1, 0.15) is 6.07 Å². The summed E-state index contributed by atoms with van der Waals surface area (Å²) in [5.74, 6) is -0.376. The zero-order valence-corrected chi connectivity index (χ0v) is 13.6. The highest BCUT2D eigenvalue weighted by Gasteiger charge is 2.53. The zero-order valence-electron chi connectivity index (χ0n) is 13.6. The summed E-state index contributed by atoms with van der Waals surface area (Å²) in [5.41, 5.74) is 8.11. The van der Waals surface area contributed by atoms with Gasteiger partial charge in [-0.2, -0.15) is 15.8 Å². The topological polar surface area (TPSA) is 97.4 Å². The lowest BCUT2D eigenvalue weighted by Crippen LogP contribution is -2.42. The molecule has 2 aliphatic rings. The van der Waals surface area contributed by atoms with Gasteiger partial charge in [-0.25, -0.2) is 0 Å². The van der Waals surface area contributed by atoms with Gasteiger partial charge >= 0.3 is 0 Å². The van der Waals surface area contributed by atoms with Crippen LogP contribution in [0.2, 0.25) is 0 Å². The van der Waals surface area contributed by atoms with Gasteiger partial charge < -0.3 is 5.73 Å². The lowest BCUT2D eigenvalue weighted by Gasteiger charge is -2.43. The predicted molar refractivity (Wildman–Crippen MR) is 89.8 cm³/mol. The van der Waals surface area contributed by atoms with Crippen molar-refractivity contribution in [1.29, 1.82) is 15.8 Å². The molecule has 0 saturated carbocycles. The molecule has 0 aromatic heterocycles. The van der Waals surface area contributed by atoms with Crippen LogP contribution in [0.25, 0.3) is 0 Å². The molecule has 0 radical (unpaired) electrons. The minimum atomic E-state index is -1.50. The largest absolute Gasteiger partial charge is 0.399 e. The van der Waals surface area contributed by atoms with Crippen LogP contribution in [0.3, 0.4) is 0 Å². The maximum atomic E-state index is 9.89. The Labute approximate surface area is 142 Å². The first-order chi connectivity index (χ1) is 11.6. The molecule has 0 spiro atoms. The standard InChI is InChI=1S/C20H18N4/c1-13-6-8-14(9-7-13)18-16-5-3-2-4-15(16)17(10-21)19(24)20(18,11-22)12-23/h4,6-9,16,18H,2-3,5,24H2,1H3/t16-,18+/m0/s1. The van der Waals surface area contributed by atoms with Crippen LogP contribution in [0.4, 0.5) is 0 Å². The van der Waals surface area contributed by atoms with E-state index in [-0.39, 0.29) is 17.5 Å². The summed E-state index contributed by atoms with van der Waals surface area (Å²) in [5, 5.41) is 29.3. The van der Waals surface area contributed by atoms with Crippen molar-refractivity contribution in [2.45, 2.75) is 32.1 Å². The first-order valence-corrected chi connectivity index (χ1v) is 8.09. The number of aryl methyl sites for hydroxylation is 1. The second-order valence-electron chi connectivity index (χ2n) is 6.52. The van der Waals surface area contributed by atoms with E-state index in [1.165, 1.54) is 0 Å². The predicted octanol–water partition coefficient (Wildman–Crippen LogP) is 3.59. The summed E-state index contributed by atoms with van der Waals surface area (Å²) >= 11 is 0. The van der Waals surface area contributed by atoms with Crippen molar-refractivity contribution in [3.63, 3.8) is 0 Å². The van der Waals surface area contributed by atoms with Crippen molar-refractivity contribution in [1.82, 2.24) is 0 Å². The molecule has 2 N–H and O–H groups in total. The van der Waals surface area contributed by atoms with Crippen LogP contribution in [-0.4, -0.2) is 0 Å². The van der Waals surface area contributed by atoms with Crippen LogP contribution in [0.1, 0.15) is 36.3 Å². The maximum absolute atomic E-state index is 9.89. The summed E-state index contributed by atoms with van der Waals surface area (Å²) in [7, 11) is 0. The quantitative estimate of drug-likeness (QED) is 0.856. The summed E-state index contributed by atoms with van der Waals surface area (Å²) in [6.45, 7) is 2.00. The van der Waals surface area contributed by atoms with Crippen LogP contribution < -0.4 is 5.73 Å². The highest BCUT2D eigenvalue weighted by Crippen LogP contribution is 2.55. The van der Waals surface area contributed by atoms with Crippen molar-refractivity contribution in [2.75, 3.05) is 0 Å². The Kier molecular flexibility index (Phi) is 3.88. The Morgan fingerprint density at radius 3 is 2.38 bits per heavy atom. The Morgan fingerprint density at radius 2 is 1.79 bits per heavy atom. The van der Waals surface area contributed by atoms with Crippen molar-refractivity contribution in [2.24, 2.45) is 17.1 Å². The van der Waals surface area contributed by atoms with Gasteiger partial charge in [-0.3, -0.25) is 0 Å². The summed E-state index contributed by atoms with van der Waals surface area (Å²) in [6, 6.07) is 14.4. The molecule has 0 bridgehead atoms. The lowest BCUT2D eigenvalue weighted by atomic mass is 9.57. The highest BCUT2D eigenvalue weighted by molar-refractivity contribution is 5.59. The Bertz CT molecular complexity index is 839. The van der Waals surface area contributed by atoms with E-state index in [1.807, 2.05) is 31.2 Å². The fraction of sp³-hybridized carbons (Fsp3) is 0.350. The molecule has 0 aliphatic heterocycles. The molecular formula is C20H18N4. The number of rotatable bonds is 1. The lowest BCUT2D eigenvalue weighted by molar-refractivity contribution is 0.317. The highest BCUT2D eigenvalue weighted by atomic mass is 14.7. The third kappa shape index (κ3) is 2.10. The maximum Gasteiger partial charge on any atom is 0.191 e. The van der Waals surface area contributed by atoms with E-state index in [0.717, 1.165) is 36.0 Å². The number of nitrogens with zero attached hydrogens (tertiary/aromatic N) is 3. The van der Waals surface area contributed by atoms with Gasteiger partial charge in [-0.1, -0.05) is 35.9 Å². The molecule has 1 aromatic rings. The molecule has 118 valence electrons. The summed E-state index contributed by atoms with van der Waals surface area (Å²) < 4.78 is 0. The smallest absolute Gasteiger partial charge is 0.191 e. The number of nitrogens with two attached hydrogens (primary N) is 1. The van der Waals surface area contributed by atoms with E-state index in [1.54, 1.807) is 0 Å². The molecular weight excluding hydrogens is 296 g/mol. The van der Waals surface area contributed by atoms with E-state index < -0.39 is 5.41 Å². The van der Waals surface area contributed by atoms with E-state index in [9.17, 15) is 15.8 Å². The molecule has 1 aromatic carbocycles. The molecule has 4 nitrogen and oxygen atoms in total. The molecule has 2 atom stereocenters. The first kappa shape index (κ1) is 15.9. The van der Waals surface area contributed by atoms with Crippen LogP contribution in [0.5, 0.6) is 0 Å². The van der Waals surface area contributed by atoms with E-state index in [4.69, 9.17) is 5.73 Å². The number of fused-ring (bicyclic) bond motifs is 1. The molecule has 0 amide bonds. The zero-order chi connectivity index (χ0) is 17.3. The number of benzene rings is 1. The Hall–Kier alpha value is -3.03. The number of hydrogen-bond donors (Lipinski definition) is 1. The van der Waals surface area contributed by atoms with Gasteiger partial charge in [-0.05, 0) is 43.2 Å². The summed E-state index contributed by atoms with van der Waals surface area (Å²) in [4.78, 5) is 0. The molecule has 24 heavy (non-hydrogen) atoms. The van der Waals surface area contributed by atoms with Gasteiger partial charge in [0, 0.05) is 5.92 Å². The van der Waals surface area contributed by atoms with E-state index in [0.29, 0.717) is 5.57 Å². The van der Waals surface area contributed by atoms with Crippen molar-refractivity contribution in [3.05, 3.63) is 58.3 Å². The van der Waals surface area contributed by atoms with Crippen LogP contribution in [-0.2, 0) is 0 Å².